The van der Waals surface area contributed by atoms with E-state index < -0.39 is 0 Å². The molecule has 18 heavy (non-hydrogen) atoms. The third-order valence-corrected chi connectivity index (χ3v) is 3.50. The Morgan fingerprint density at radius 3 is 2.83 bits per heavy atom. The molecular weight excluding hydrogens is 220 g/mol. The molecule has 1 heterocycles. The molecular formula is C16H24N2. The summed E-state index contributed by atoms with van der Waals surface area (Å²) < 4.78 is 0. The van der Waals surface area contributed by atoms with Gasteiger partial charge in [0.2, 0.25) is 0 Å². The van der Waals surface area contributed by atoms with Crippen molar-refractivity contribution in [2.75, 3.05) is 6.54 Å². The predicted molar refractivity (Wildman–Crippen MR) is 78.1 cm³/mol. The van der Waals surface area contributed by atoms with E-state index >= 15 is 0 Å². The van der Waals surface area contributed by atoms with Gasteiger partial charge in [-0.1, -0.05) is 36.8 Å². The molecule has 1 aliphatic heterocycles. The van der Waals surface area contributed by atoms with Crippen LogP contribution >= 0.6 is 0 Å². The lowest BCUT2D eigenvalue weighted by molar-refractivity contribution is 0.598. The zero-order valence-electron chi connectivity index (χ0n) is 11.4. The fourth-order valence-electron chi connectivity index (χ4n) is 2.38. The number of amidine groups is 1. The standard InChI is InChI=1S/C16H24N2/c1-14(11-12-15-8-4-2-5-9-15)18-16-10-6-3-7-13-17-16/h2,4-5,8-9,14H,3,6-7,10-13H2,1H3,(H,17,18). The quantitative estimate of drug-likeness (QED) is 0.860. The van der Waals surface area contributed by atoms with E-state index in [9.17, 15) is 0 Å². The van der Waals surface area contributed by atoms with Crippen molar-refractivity contribution in [1.82, 2.24) is 5.32 Å². The molecule has 1 atom stereocenters. The molecule has 1 aliphatic rings. The van der Waals surface area contributed by atoms with Crippen molar-refractivity contribution in [3.63, 3.8) is 0 Å². The molecule has 1 aromatic carbocycles. The number of aryl methyl sites for hydroxylation is 1. The van der Waals surface area contributed by atoms with Gasteiger partial charge in [-0.25, -0.2) is 0 Å². The fourth-order valence-corrected chi connectivity index (χ4v) is 2.38. The molecule has 0 aliphatic carbocycles. The summed E-state index contributed by atoms with van der Waals surface area (Å²) in [6, 6.07) is 11.2. The van der Waals surface area contributed by atoms with Crippen LogP contribution in [0.25, 0.3) is 0 Å². The Morgan fingerprint density at radius 2 is 2.00 bits per heavy atom. The largest absolute Gasteiger partial charge is 0.371 e. The van der Waals surface area contributed by atoms with Crippen LogP contribution in [0.2, 0.25) is 0 Å². The van der Waals surface area contributed by atoms with Gasteiger partial charge in [0.1, 0.15) is 0 Å². The molecule has 98 valence electrons. The number of rotatable bonds is 4. The topological polar surface area (TPSA) is 24.4 Å². The van der Waals surface area contributed by atoms with Gasteiger partial charge in [-0.05, 0) is 38.2 Å². The summed E-state index contributed by atoms with van der Waals surface area (Å²) in [7, 11) is 0. The van der Waals surface area contributed by atoms with Crippen molar-refractivity contribution >= 4 is 5.84 Å². The van der Waals surface area contributed by atoms with Gasteiger partial charge in [-0.3, -0.25) is 4.99 Å². The fraction of sp³-hybridized carbons (Fsp3) is 0.562. The smallest absolute Gasteiger partial charge is 0.0965 e. The van der Waals surface area contributed by atoms with Crippen LogP contribution in [0.1, 0.15) is 44.6 Å². The molecule has 0 radical (unpaired) electrons. The highest BCUT2D eigenvalue weighted by Gasteiger charge is 2.08. The molecule has 2 rings (SSSR count). The second kappa shape index (κ2) is 7.20. The lowest BCUT2D eigenvalue weighted by Crippen LogP contribution is -2.32. The van der Waals surface area contributed by atoms with E-state index in [4.69, 9.17) is 0 Å². The summed E-state index contributed by atoms with van der Waals surface area (Å²) >= 11 is 0. The SMILES string of the molecule is CC(CCc1ccccc1)NC1=NCCCCC1. The van der Waals surface area contributed by atoms with E-state index in [1.165, 1.54) is 37.1 Å². The number of nitrogens with zero attached hydrogens (tertiary/aromatic N) is 1. The van der Waals surface area contributed by atoms with Crippen molar-refractivity contribution < 1.29 is 0 Å². The summed E-state index contributed by atoms with van der Waals surface area (Å²) in [6.07, 6.45) is 7.31. The molecule has 0 spiro atoms. The molecule has 0 saturated heterocycles. The first-order valence-corrected chi connectivity index (χ1v) is 7.18. The van der Waals surface area contributed by atoms with Gasteiger partial charge >= 0.3 is 0 Å². The lowest BCUT2D eigenvalue weighted by atomic mass is 10.1. The van der Waals surface area contributed by atoms with Crippen LogP contribution < -0.4 is 5.32 Å². The second-order valence-corrected chi connectivity index (χ2v) is 5.21. The van der Waals surface area contributed by atoms with Crippen molar-refractivity contribution in [2.24, 2.45) is 4.99 Å². The molecule has 1 N–H and O–H groups in total. The minimum atomic E-state index is 0.516. The average molecular weight is 244 g/mol. The predicted octanol–water partition coefficient (Wildman–Crippen LogP) is 3.57. The maximum Gasteiger partial charge on any atom is 0.0965 e. The van der Waals surface area contributed by atoms with Gasteiger partial charge in [0.25, 0.3) is 0 Å². The number of nitrogens with one attached hydrogen (secondary N) is 1. The van der Waals surface area contributed by atoms with Crippen LogP contribution in [-0.4, -0.2) is 18.4 Å². The molecule has 2 nitrogen and oxygen atoms in total. The Hall–Kier alpha value is -1.31. The van der Waals surface area contributed by atoms with Crippen LogP contribution in [0.4, 0.5) is 0 Å². The molecule has 0 fully saturated rings. The zero-order valence-corrected chi connectivity index (χ0v) is 11.4. The van der Waals surface area contributed by atoms with Gasteiger partial charge in [0.15, 0.2) is 0 Å². The summed E-state index contributed by atoms with van der Waals surface area (Å²) in [5.41, 5.74) is 1.42. The number of hydrogen-bond donors (Lipinski definition) is 1. The summed E-state index contributed by atoms with van der Waals surface area (Å²) in [5, 5.41) is 3.58. The van der Waals surface area contributed by atoms with Crippen molar-refractivity contribution in [2.45, 2.75) is 51.5 Å². The summed E-state index contributed by atoms with van der Waals surface area (Å²) in [4.78, 5) is 4.62. The monoisotopic (exact) mass is 244 g/mol. The number of aliphatic imine (C=N–C) groups is 1. The third kappa shape index (κ3) is 4.52. The van der Waals surface area contributed by atoms with Gasteiger partial charge in [-0.2, -0.15) is 0 Å². The minimum Gasteiger partial charge on any atom is -0.371 e. The maximum atomic E-state index is 4.62. The highest BCUT2D eigenvalue weighted by Crippen LogP contribution is 2.08. The Bertz CT molecular complexity index is 370. The highest BCUT2D eigenvalue weighted by molar-refractivity contribution is 5.82. The van der Waals surface area contributed by atoms with Crippen LogP contribution in [0.3, 0.4) is 0 Å². The first-order chi connectivity index (χ1) is 8.84. The molecule has 1 unspecified atom stereocenters. The number of hydrogen-bond acceptors (Lipinski definition) is 2. The summed E-state index contributed by atoms with van der Waals surface area (Å²) in [5.74, 6) is 1.23. The average Bonchev–Trinajstić information content (AvgIpc) is 2.66. The van der Waals surface area contributed by atoms with Gasteiger partial charge < -0.3 is 5.32 Å². The maximum absolute atomic E-state index is 4.62. The molecule has 2 heteroatoms. The van der Waals surface area contributed by atoms with Crippen LogP contribution in [0, 0.1) is 0 Å². The number of benzene rings is 1. The van der Waals surface area contributed by atoms with E-state index in [1.807, 2.05) is 0 Å². The Kier molecular flexibility index (Phi) is 5.25. The van der Waals surface area contributed by atoms with E-state index in [-0.39, 0.29) is 0 Å². The Balaban J connectivity index is 1.74. The molecule has 0 aromatic heterocycles. The van der Waals surface area contributed by atoms with E-state index in [0.717, 1.165) is 19.4 Å². The minimum absolute atomic E-state index is 0.516. The first-order valence-electron chi connectivity index (χ1n) is 7.18. The van der Waals surface area contributed by atoms with Crippen LogP contribution in [-0.2, 0) is 6.42 Å². The van der Waals surface area contributed by atoms with Gasteiger partial charge in [0, 0.05) is 19.0 Å². The Labute approximate surface area is 111 Å². The van der Waals surface area contributed by atoms with Crippen molar-refractivity contribution in [3.05, 3.63) is 35.9 Å². The highest BCUT2D eigenvalue weighted by atomic mass is 15.0. The Morgan fingerprint density at radius 1 is 1.17 bits per heavy atom. The first kappa shape index (κ1) is 13.1. The normalized spacial score (nSPS) is 17.7. The van der Waals surface area contributed by atoms with Crippen molar-refractivity contribution in [1.29, 1.82) is 0 Å². The molecule has 0 amide bonds. The van der Waals surface area contributed by atoms with Crippen molar-refractivity contribution in [3.8, 4) is 0 Å². The molecule has 0 bridgehead atoms. The van der Waals surface area contributed by atoms with Crippen LogP contribution in [0.5, 0.6) is 0 Å². The van der Waals surface area contributed by atoms with Crippen LogP contribution in [0.15, 0.2) is 35.3 Å². The third-order valence-electron chi connectivity index (χ3n) is 3.50. The molecule has 0 saturated carbocycles. The summed E-state index contributed by atoms with van der Waals surface area (Å²) in [6.45, 7) is 3.27. The molecule has 1 aromatic rings. The second-order valence-electron chi connectivity index (χ2n) is 5.21. The zero-order chi connectivity index (χ0) is 12.6. The van der Waals surface area contributed by atoms with Gasteiger partial charge in [-0.15, -0.1) is 0 Å². The van der Waals surface area contributed by atoms with Gasteiger partial charge in [0.05, 0.1) is 5.84 Å². The lowest BCUT2D eigenvalue weighted by Gasteiger charge is -2.16. The van der Waals surface area contributed by atoms with E-state index in [0.29, 0.717) is 6.04 Å². The van der Waals surface area contributed by atoms with E-state index in [1.54, 1.807) is 0 Å². The van der Waals surface area contributed by atoms with E-state index in [2.05, 4.69) is 47.6 Å².